The summed E-state index contributed by atoms with van der Waals surface area (Å²) in [6.45, 7) is 3.93. The first-order valence-electron chi connectivity index (χ1n) is 15.6. The maximum absolute atomic E-state index is 14.7. The van der Waals surface area contributed by atoms with E-state index in [1.807, 2.05) is 0 Å². The minimum Gasteiger partial charge on any atom is -0.504 e. The van der Waals surface area contributed by atoms with Gasteiger partial charge in [-0.15, -0.1) is 5.10 Å². The van der Waals surface area contributed by atoms with Crippen LogP contribution < -0.4 is 15.8 Å². The Kier molecular flexibility index (Phi) is 9.54. The third-order valence-electron chi connectivity index (χ3n) is 8.64. The van der Waals surface area contributed by atoms with Gasteiger partial charge < -0.3 is 29.5 Å². The van der Waals surface area contributed by atoms with Gasteiger partial charge in [-0.1, -0.05) is 24.6 Å². The molecule has 264 valence electrons. The maximum atomic E-state index is 14.7. The Morgan fingerprint density at radius 3 is 2.54 bits per heavy atom. The highest BCUT2D eigenvalue weighted by Gasteiger charge is 2.35. The molecular formula is C32H31ClF4N8O5. The summed E-state index contributed by atoms with van der Waals surface area (Å²) in [5, 5.41) is 17.3. The Balaban J connectivity index is 1.36. The SMILES string of the molecule is CCc1c(N2CCN(C(=O)c3nccc(Cl)c3O)CC2)c(=O)n2nc(C3=CCOCC3)nc2n1CC(=O)Nc1ccc(C(F)(F)F)c(F)c1C. The van der Waals surface area contributed by atoms with E-state index >= 15 is 0 Å². The number of aromatic hydroxyl groups is 1. The molecule has 0 aliphatic carbocycles. The fourth-order valence-corrected chi connectivity index (χ4v) is 6.18. The topological polar surface area (TPSA) is 147 Å². The average Bonchev–Trinajstić information content (AvgIpc) is 3.55. The highest BCUT2D eigenvalue weighted by atomic mass is 35.5. The number of piperazine rings is 1. The van der Waals surface area contributed by atoms with Gasteiger partial charge in [0, 0.05) is 43.6 Å². The lowest BCUT2D eigenvalue weighted by molar-refractivity contribution is -0.140. The fraction of sp³-hybridized carbons (Fsp3) is 0.375. The molecule has 0 radical (unpaired) electrons. The Bertz CT molecular complexity index is 2090. The predicted molar refractivity (Wildman–Crippen MR) is 174 cm³/mol. The number of aromatic nitrogens is 5. The number of ether oxygens (including phenoxy) is 1. The van der Waals surface area contributed by atoms with E-state index in [2.05, 4.69) is 20.4 Å². The molecule has 0 bridgehead atoms. The van der Waals surface area contributed by atoms with Gasteiger partial charge in [-0.05, 0) is 43.5 Å². The molecule has 2 aliphatic heterocycles. The molecule has 1 saturated heterocycles. The number of hydrogen-bond donors (Lipinski definition) is 2. The van der Waals surface area contributed by atoms with Gasteiger partial charge in [0.25, 0.3) is 11.5 Å². The van der Waals surface area contributed by atoms with Crippen LogP contribution in [0.3, 0.4) is 0 Å². The quantitative estimate of drug-likeness (QED) is 0.270. The number of benzene rings is 1. The van der Waals surface area contributed by atoms with Crippen molar-refractivity contribution in [1.29, 1.82) is 0 Å². The number of nitrogens with one attached hydrogen (secondary N) is 1. The standard InChI is InChI=1S/C32H31ClF4N8O5/c1-3-22-26(42-10-12-43(13-11-42)29(48)25-27(47)20(33)6-9-38-25)30(49)45-31(40-28(41-45)18-7-14-50-15-8-18)44(22)16-23(46)39-21-5-4-19(32(35,36)37)24(34)17(21)2/h4-7,9,47H,3,8,10-16H2,1-2H3,(H,39,46). The van der Waals surface area contributed by atoms with Crippen molar-refractivity contribution in [1.82, 2.24) is 29.0 Å². The van der Waals surface area contributed by atoms with E-state index in [0.29, 0.717) is 31.4 Å². The number of amides is 2. The molecule has 13 nitrogen and oxygen atoms in total. The van der Waals surface area contributed by atoms with Crippen LogP contribution in [0.25, 0.3) is 11.4 Å². The van der Waals surface area contributed by atoms with Crippen LogP contribution in [0.15, 0.2) is 35.3 Å². The molecule has 4 aromatic rings. The number of nitrogens with zero attached hydrogens (tertiary/aromatic N) is 7. The first-order valence-corrected chi connectivity index (χ1v) is 16.0. The first-order chi connectivity index (χ1) is 23.8. The van der Waals surface area contributed by atoms with E-state index in [9.17, 15) is 37.1 Å². The van der Waals surface area contributed by atoms with E-state index in [-0.39, 0.29) is 71.9 Å². The summed E-state index contributed by atoms with van der Waals surface area (Å²) >= 11 is 5.97. The number of pyridine rings is 1. The number of alkyl halides is 3. The van der Waals surface area contributed by atoms with Crippen molar-refractivity contribution in [3.05, 3.63) is 80.0 Å². The maximum Gasteiger partial charge on any atom is 0.419 e. The smallest absolute Gasteiger partial charge is 0.419 e. The largest absolute Gasteiger partial charge is 0.504 e. The van der Waals surface area contributed by atoms with Crippen molar-refractivity contribution in [2.24, 2.45) is 0 Å². The number of rotatable bonds is 7. The van der Waals surface area contributed by atoms with E-state index < -0.39 is 47.2 Å². The van der Waals surface area contributed by atoms with Gasteiger partial charge in [0.2, 0.25) is 11.7 Å². The first kappa shape index (κ1) is 34.8. The minimum atomic E-state index is -4.91. The molecule has 1 fully saturated rings. The van der Waals surface area contributed by atoms with Crippen LogP contribution in [0.1, 0.15) is 46.5 Å². The van der Waals surface area contributed by atoms with Gasteiger partial charge in [-0.25, -0.2) is 9.37 Å². The number of halogens is 5. The number of carbonyl (C=O) groups excluding carboxylic acids is 2. The summed E-state index contributed by atoms with van der Waals surface area (Å²) in [5.41, 5.74) is -1.31. The number of carbonyl (C=O) groups is 2. The van der Waals surface area contributed by atoms with Gasteiger partial charge in [0.15, 0.2) is 17.3 Å². The molecular weight excluding hydrogens is 688 g/mol. The van der Waals surface area contributed by atoms with Crippen LogP contribution in [0.5, 0.6) is 5.75 Å². The molecule has 2 aliphatic rings. The lowest BCUT2D eigenvalue weighted by atomic mass is 10.1. The monoisotopic (exact) mass is 718 g/mol. The minimum absolute atomic E-state index is 0.0187. The molecule has 0 saturated carbocycles. The summed E-state index contributed by atoms with van der Waals surface area (Å²) in [5.74, 6) is -2.85. The zero-order valence-electron chi connectivity index (χ0n) is 26.9. The predicted octanol–water partition coefficient (Wildman–Crippen LogP) is 4.08. The zero-order valence-corrected chi connectivity index (χ0v) is 27.6. The Hall–Kier alpha value is -5.03. The van der Waals surface area contributed by atoms with Crippen LogP contribution >= 0.6 is 11.6 Å². The van der Waals surface area contributed by atoms with Crippen molar-refractivity contribution in [3.8, 4) is 5.75 Å². The van der Waals surface area contributed by atoms with Crippen LogP contribution in [0.2, 0.25) is 5.02 Å². The van der Waals surface area contributed by atoms with Crippen LogP contribution in [0, 0.1) is 12.7 Å². The molecule has 50 heavy (non-hydrogen) atoms. The Morgan fingerprint density at radius 2 is 1.88 bits per heavy atom. The number of hydrogen-bond acceptors (Lipinski definition) is 9. The third-order valence-corrected chi connectivity index (χ3v) is 8.94. The summed E-state index contributed by atoms with van der Waals surface area (Å²) < 4.78 is 62.4. The molecule has 0 spiro atoms. The third kappa shape index (κ3) is 6.49. The molecule has 0 unspecified atom stereocenters. The van der Waals surface area contributed by atoms with E-state index in [0.717, 1.165) is 23.1 Å². The summed E-state index contributed by atoms with van der Waals surface area (Å²) in [6.07, 6.45) is -1.06. The fourth-order valence-electron chi connectivity index (χ4n) is 6.04. The van der Waals surface area contributed by atoms with E-state index in [1.54, 1.807) is 17.9 Å². The number of anilines is 2. The van der Waals surface area contributed by atoms with Gasteiger partial charge in [-0.2, -0.15) is 22.7 Å². The van der Waals surface area contributed by atoms with E-state index in [1.165, 1.54) is 21.7 Å². The molecule has 2 N–H and O–H groups in total. The summed E-state index contributed by atoms with van der Waals surface area (Å²) in [4.78, 5) is 52.6. The van der Waals surface area contributed by atoms with Crippen LogP contribution in [0.4, 0.5) is 28.9 Å². The zero-order chi connectivity index (χ0) is 35.9. The Morgan fingerprint density at radius 1 is 1.14 bits per heavy atom. The summed E-state index contributed by atoms with van der Waals surface area (Å²) in [7, 11) is 0. The molecule has 1 aromatic carbocycles. The molecule has 0 atom stereocenters. The molecule has 18 heteroatoms. The second-order valence-electron chi connectivity index (χ2n) is 11.7. The second-order valence-corrected chi connectivity index (χ2v) is 12.1. The normalized spacial score (nSPS) is 15.4. The molecule has 6 rings (SSSR count). The van der Waals surface area contributed by atoms with Crippen molar-refractivity contribution >= 4 is 46.1 Å². The highest BCUT2D eigenvalue weighted by molar-refractivity contribution is 6.32. The lowest BCUT2D eigenvalue weighted by Gasteiger charge is -2.36. The van der Waals surface area contributed by atoms with Crippen molar-refractivity contribution in [2.75, 3.05) is 49.6 Å². The second kappa shape index (κ2) is 13.7. The van der Waals surface area contributed by atoms with E-state index in [4.69, 9.17) is 16.3 Å². The summed E-state index contributed by atoms with van der Waals surface area (Å²) in [6, 6.07) is 2.90. The van der Waals surface area contributed by atoms with Gasteiger partial charge in [-0.3, -0.25) is 14.4 Å². The highest BCUT2D eigenvalue weighted by Crippen LogP contribution is 2.35. The number of fused-ring (bicyclic) bond motifs is 1. The van der Waals surface area contributed by atoms with Crippen molar-refractivity contribution < 1.29 is 37.0 Å². The van der Waals surface area contributed by atoms with Gasteiger partial charge in [0.1, 0.15) is 18.0 Å². The van der Waals surface area contributed by atoms with Gasteiger partial charge in [0.05, 0.1) is 29.5 Å². The Labute approximate surface area is 286 Å². The average molecular weight is 719 g/mol. The lowest BCUT2D eigenvalue weighted by Crippen LogP contribution is -2.51. The molecule has 5 heterocycles. The molecule has 3 aromatic heterocycles. The van der Waals surface area contributed by atoms with Gasteiger partial charge >= 0.3 is 6.18 Å². The van der Waals surface area contributed by atoms with Crippen LogP contribution in [-0.4, -0.2) is 85.4 Å². The molecule has 2 amide bonds. The van der Waals surface area contributed by atoms with Crippen molar-refractivity contribution in [2.45, 2.75) is 39.4 Å². The van der Waals surface area contributed by atoms with Crippen LogP contribution in [-0.2, 0) is 28.7 Å². The van der Waals surface area contributed by atoms with Crippen molar-refractivity contribution in [3.63, 3.8) is 0 Å².